The maximum atomic E-state index is 8.76. The Balaban J connectivity index is 1.67. The predicted octanol–water partition coefficient (Wildman–Crippen LogP) is 2.94. The molecule has 1 N–H and O–H groups in total. The lowest BCUT2D eigenvalue weighted by atomic mass is 10.1. The van der Waals surface area contributed by atoms with Crippen LogP contribution in [0.3, 0.4) is 0 Å². The molecule has 0 bridgehead atoms. The second-order valence-electron chi connectivity index (χ2n) is 4.52. The Hall–Kier alpha value is -2.67. The molecule has 0 atom stereocenters. The molecule has 1 aliphatic heterocycles. The quantitative estimate of drug-likeness (QED) is 0.928. The summed E-state index contributed by atoms with van der Waals surface area (Å²) in [6.45, 7) is 1.89. The zero-order valence-electron chi connectivity index (χ0n) is 10.9. The van der Waals surface area contributed by atoms with E-state index in [0.29, 0.717) is 25.3 Å². The summed E-state index contributed by atoms with van der Waals surface area (Å²) < 4.78 is 11.0. The van der Waals surface area contributed by atoms with E-state index in [1.54, 1.807) is 0 Å². The summed E-state index contributed by atoms with van der Waals surface area (Å²) >= 11 is 0. The van der Waals surface area contributed by atoms with Crippen LogP contribution >= 0.6 is 0 Å². The monoisotopic (exact) mass is 266 g/mol. The second-order valence-corrected chi connectivity index (χ2v) is 4.52. The van der Waals surface area contributed by atoms with Crippen molar-refractivity contribution in [2.75, 3.05) is 18.5 Å². The lowest BCUT2D eigenvalue weighted by Gasteiger charge is -2.19. The topological polar surface area (TPSA) is 54.3 Å². The van der Waals surface area contributed by atoms with E-state index < -0.39 is 0 Å². The Morgan fingerprint density at radius 2 is 1.75 bits per heavy atom. The van der Waals surface area contributed by atoms with Gasteiger partial charge in [0.05, 0.1) is 11.6 Å². The van der Waals surface area contributed by atoms with Crippen molar-refractivity contribution < 1.29 is 9.47 Å². The Bertz CT molecular complexity index is 645. The summed E-state index contributed by atoms with van der Waals surface area (Å²) in [5.74, 6) is 1.57. The first kappa shape index (κ1) is 12.4. The number of benzene rings is 2. The molecule has 1 aliphatic rings. The molecule has 3 rings (SSSR count). The van der Waals surface area contributed by atoms with Crippen LogP contribution in [0.1, 0.15) is 11.1 Å². The van der Waals surface area contributed by atoms with Gasteiger partial charge in [-0.25, -0.2) is 0 Å². The first-order valence-electron chi connectivity index (χ1n) is 6.48. The maximum Gasteiger partial charge on any atom is 0.163 e. The van der Waals surface area contributed by atoms with Crippen molar-refractivity contribution in [3.05, 3.63) is 53.6 Å². The number of nitriles is 1. The van der Waals surface area contributed by atoms with E-state index in [1.165, 1.54) is 0 Å². The zero-order valence-corrected chi connectivity index (χ0v) is 10.9. The van der Waals surface area contributed by atoms with Crippen molar-refractivity contribution in [3.8, 4) is 17.6 Å². The number of hydrogen-bond donors (Lipinski definition) is 1. The van der Waals surface area contributed by atoms with Crippen molar-refractivity contribution in [2.45, 2.75) is 6.54 Å². The lowest BCUT2D eigenvalue weighted by Crippen LogP contribution is -2.15. The van der Waals surface area contributed by atoms with Crippen LogP contribution in [-0.4, -0.2) is 13.2 Å². The predicted molar refractivity (Wildman–Crippen MR) is 75.9 cm³/mol. The number of fused-ring (bicyclic) bond motifs is 1. The van der Waals surface area contributed by atoms with Crippen LogP contribution in [0.2, 0.25) is 0 Å². The highest BCUT2D eigenvalue weighted by Crippen LogP contribution is 2.32. The summed E-state index contributed by atoms with van der Waals surface area (Å²) in [5.41, 5.74) is 2.78. The zero-order chi connectivity index (χ0) is 13.8. The Morgan fingerprint density at radius 1 is 1.00 bits per heavy atom. The van der Waals surface area contributed by atoms with Gasteiger partial charge in [0.15, 0.2) is 11.5 Å². The van der Waals surface area contributed by atoms with Gasteiger partial charge in [0.1, 0.15) is 13.2 Å². The fourth-order valence-electron chi connectivity index (χ4n) is 2.05. The van der Waals surface area contributed by atoms with Crippen molar-refractivity contribution in [1.29, 1.82) is 5.26 Å². The standard InChI is InChI=1S/C16H14N2O2/c17-10-12-1-3-13(4-2-12)11-18-14-5-6-15-16(9-14)20-8-7-19-15/h1-6,9,18H,7-8,11H2. The van der Waals surface area contributed by atoms with Gasteiger partial charge in [-0.3, -0.25) is 0 Å². The molecular formula is C16H14N2O2. The van der Waals surface area contributed by atoms with Gasteiger partial charge in [-0.15, -0.1) is 0 Å². The average molecular weight is 266 g/mol. The summed E-state index contributed by atoms with van der Waals surface area (Å²) in [4.78, 5) is 0. The minimum absolute atomic E-state index is 0.589. The minimum atomic E-state index is 0.589. The van der Waals surface area contributed by atoms with Crippen LogP contribution in [0.15, 0.2) is 42.5 Å². The molecular weight excluding hydrogens is 252 g/mol. The van der Waals surface area contributed by atoms with Crippen LogP contribution in [-0.2, 0) is 6.54 Å². The highest BCUT2D eigenvalue weighted by atomic mass is 16.6. The molecule has 2 aromatic carbocycles. The first-order valence-corrected chi connectivity index (χ1v) is 6.48. The third-order valence-corrected chi connectivity index (χ3v) is 3.12. The fraction of sp³-hybridized carbons (Fsp3) is 0.188. The molecule has 20 heavy (non-hydrogen) atoms. The van der Waals surface area contributed by atoms with E-state index in [1.807, 2.05) is 42.5 Å². The smallest absolute Gasteiger partial charge is 0.163 e. The lowest BCUT2D eigenvalue weighted by molar-refractivity contribution is 0.171. The van der Waals surface area contributed by atoms with Crippen molar-refractivity contribution in [3.63, 3.8) is 0 Å². The van der Waals surface area contributed by atoms with Crippen LogP contribution in [0.5, 0.6) is 11.5 Å². The summed E-state index contributed by atoms with van der Waals surface area (Å²) in [6, 6.07) is 15.5. The van der Waals surface area contributed by atoms with E-state index in [2.05, 4.69) is 11.4 Å². The number of rotatable bonds is 3. The van der Waals surface area contributed by atoms with Gasteiger partial charge in [0.2, 0.25) is 0 Å². The van der Waals surface area contributed by atoms with E-state index in [-0.39, 0.29) is 0 Å². The summed E-state index contributed by atoms with van der Waals surface area (Å²) in [6.07, 6.45) is 0. The van der Waals surface area contributed by atoms with E-state index >= 15 is 0 Å². The molecule has 2 aromatic rings. The van der Waals surface area contributed by atoms with Crippen molar-refractivity contribution in [2.24, 2.45) is 0 Å². The van der Waals surface area contributed by atoms with Crippen LogP contribution in [0.4, 0.5) is 5.69 Å². The average Bonchev–Trinajstić information content (AvgIpc) is 2.53. The summed E-state index contributed by atoms with van der Waals surface area (Å²) in [7, 11) is 0. The van der Waals surface area contributed by atoms with E-state index in [4.69, 9.17) is 14.7 Å². The number of nitrogens with one attached hydrogen (secondary N) is 1. The Kier molecular flexibility index (Phi) is 3.42. The number of hydrogen-bond acceptors (Lipinski definition) is 4. The number of nitrogens with zero attached hydrogens (tertiary/aromatic N) is 1. The van der Waals surface area contributed by atoms with Gasteiger partial charge in [0, 0.05) is 18.3 Å². The minimum Gasteiger partial charge on any atom is -0.486 e. The molecule has 0 amide bonds. The molecule has 4 heteroatoms. The molecule has 1 heterocycles. The SMILES string of the molecule is N#Cc1ccc(CNc2ccc3c(c2)OCCO3)cc1. The van der Waals surface area contributed by atoms with Gasteiger partial charge in [-0.2, -0.15) is 5.26 Å². The van der Waals surface area contributed by atoms with Crippen LogP contribution in [0.25, 0.3) is 0 Å². The molecule has 0 aromatic heterocycles. The third kappa shape index (κ3) is 2.67. The Morgan fingerprint density at radius 3 is 2.50 bits per heavy atom. The molecule has 100 valence electrons. The third-order valence-electron chi connectivity index (χ3n) is 3.12. The molecule has 0 unspecified atom stereocenters. The first-order chi connectivity index (χ1) is 9.85. The maximum absolute atomic E-state index is 8.76. The fourth-order valence-corrected chi connectivity index (χ4v) is 2.05. The normalized spacial score (nSPS) is 12.6. The molecule has 4 nitrogen and oxygen atoms in total. The van der Waals surface area contributed by atoms with Crippen molar-refractivity contribution >= 4 is 5.69 Å². The second kappa shape index (κ2) is 5.54. The van der Waals surface area contributed by atoms with Crippen LogP contribution < -0.4 is 14.8 Å². The largest absolute Gasteiger partial charge is 0.486 e. The summed E-state index contributed by atoms with van der Waals surface area (Å²) in [5, 5.41) is 12.1. The molecule has 0 aliphatic carbocycles. The van der Waals surface area contributed by atoms with Crippen molar-refractivity contribution in [1.82, 2.24) is 0 Å². The highest BCUT2D eigenvalue weighted by molar-refractivity contribution is 5.55. The number of ether oxygens (including phenoxy) is 2. The van der Waals surface area contributed by atoms with E-state index in [0.717, 1.165) is 22.7 Å². The highest BCUT2D eigenvalue weighted by Gasteiger charge is 2.11. The van der Waals surface area contributed by atoms with Gasteiger partial charge < -0.3 is 14.8 Å². The number of anilines is 1. The van der Waals surface area contributed by atoms with Gasteiger partial charge >= 0.3 is 0 Å². The molecule has 0 fully saturated rings. The van der Waals surface area contributed by atoms with E-state index in [9.17, 15) is 0 Å². The van der Waals surface area contributed by atoms with Crippen LogP contribution in [0, 0.1) is 11.3 Å². The molecule has 0 radical (unpaired) electrons. The molecule has 0 saturated heterocycles. The van der Waals surface area contributed by atoms with Gasteiger partial charge in [-0.1, -0.05) is 12.1 Å². The van der Waals surface area contributed by atoms with Gasteiger partial charge in [-0.05, 0) is 29.8 Å². The van der Waals surface area contributed by atoms with Gasteiger partial charge in [0.25, 0.3) is 0 Å². The molecule has 0 saturated carbocycles. The molecule has 0 spiro atoms. The Labute approximate surface area is 117 Å².